The third kappa shape index (κ3) is 6.09. The highest BCUT2D eigenvalue weighted by Crippen LogP contribution is 2.21. The summed E-state index contributed by atoms with van der Waals surface area (Å²) in [5, 5.41) is 2.84. The van der Waals surface area contributed by atoms with Crippen molar-refractivity contribution in [3.8, 4) is 5.75 Å². The van der Waals surface area contributed by atoms with Crippen molar-refractivity contribution >= 4 is 21.6 Å². The van der Waals surface area contributed by atoms with E-state index < -0.39 is 10.0 Å². The van der Waals surface area contributed by atoms with Gasteiger partial charge in [-0.3, -0.25) is 9.10 Å². The molecular formula is C16H26N2O4S. The zero-order valence-corrected chi connectivity index (χ0v) is 15.2. The first-order valence-electron chi connectivity index (χ1n) is 7.60. The van der Waals surface area contributed by atoms with E-state index in [2.05, 4.69) is 5.32 Å². The molecule has 0 radical (unpaired) electrons. The van der Waals surface area contributed by atoms with Crippen molar-refractivity contribution in [2.24, 2.45) is 0 Å². The van der Waals surface area contributed by atoms with E-state index in [1.165, 1.54) is 0 Å². The first-order valence-corrected chi connectivity index (χ1v) is 9.45. The molecule has 23 heavy (non-hydrogen) atoms. The van der Waals surface area contributed by atoms with Gasteiger partial charge in [-0.1, -0.05) is 6.92 Å². The maximum Gasteiger partial charge on any atom is 0.241 e. The molecule has 130 valence electrons. The summed E-state index contributed by atoms with van der Waals surface area (Å²) in [4.78, 5) is 12.2. The zero-order chi connectivity index (χ0) is 17.7. The van der Waals surface area contributed by atoms with Gasteiger partial charge >= 0.3 is 0 Å². The molecule has 0 aliphatic carbocycles. The summed E-state index contributed by atoms with van der Waals surface area (Å²) in [6.07, 6.45) is 1.84. The number of hydrogen-bond donors (Lipinski definition) is 1. The van der Waals surface area contributed by atoms with Gasteiger partial charge in [0.15, 0.2) is 0 Å². The molecule has 1 aromatic carbocycles. The van der Waals surface area contributed by atoms with Crippen molar-refractivity contribution < 1.29 is 17.9 Å². The predicted molar refractivity (Wildman–Crippen MR) is 92.3 cm³/mol. The molecule has 0 spiro atoms. The number of ether oxygens (including phenoxy) is 1. The second-order valence-corrected chi connectivity index (χ2v) is 7.89. The Bertz CT molecular complexity index is 624. The van der Waals surface area contributed by atoms with Crippen LogP contribution in [0.15, 0.2) is 24.3 Å². The first-order chi connectivity index (χ1) is 10.6. The average molecular weight is 342 g/mol. The zero-order valence-electron chi connectivity index (χ0n) is 14.4. The summed E-state index contributed by atoms with van der Waals surface area (Å²) in [7, 11) is -3.57. The van der Waals surface area contributed by atoms with Crippen LogP contribution in [0.25, 0.3) is 0 Å². The number of carbonyl (C=O) groups is 1. The van der Waals surface area contributed by atoms with Gasteiger partial charge in [0.05, 0.1) is 18.6 Å². The van der Waals surface area contributed by atoms with Gasteiger partial charge in [0, 0.05) is 5.54 Å². The van der Waals surface area contributed by atoms with Gasteiger partial charge < -0.3 is 10.1 Å². The van der Waals surface area contributed by atoms with Crippen LogP contribution in [-0.2, 0) is 14.8 Å². The van der Waals surface area contributed by atoms with Crippen molar-refractivity contribution in [1.82, 2.24) is 5.32 Å². The van der Waals surface area contributed by atoms with E-state index in [1.807, 2.05) is 27.7 Å². The SMILES string of the molecule is CCOc1ccc(N(CC(=O)NC(C)(C)CC)S(C)(=O)=O)cc1. The third-order valence-corrected chi connectivity index (χ3v) is 4.63. The third-order valence-electron chi connectivity index (χ3n) is 3.48. The summed E-state index contributed by atoms with van der Waals surface area (Å²) in [6, 6.07) is 6.63. The average Bonchev–Trinajstić information content (AvgIpc) is 2.44. The number of anilines is 1. The van der Waals surface area contributed by atoms with Gasteiger partial charge in [-0.15, -0.1) is 0 Å². The first kappa shape index (κ1) is 19.3. The predicted octanol–water partition coefficient (Wildman–Crippen LogP) is 2.16. The quantitative estimate of drug-likeness (QED) is 0.785. The highest BCUT2D eigenvalue weighted by atomic mass is 32.2. The Labute approximate surface area is 138 Å². The smallest absolute Gasteiger partial charge is 0.241 e. The summed E-state index contributed by atoms with van der Waals surface area (Å²) in [6.45, 7) is 7.90. The van der Waals surface area contributed by atoms with Crippen LogP contribution in [-0.4, -0.2) is 39.3 Å². The van der Waals surface area contributed by atoms with E-state index in [4.69, 9.17) is 4.74 Å². The monoisotopic (exact) mass is 342 g/mol. The molecule has 0 atom stereocenters. The van der Waals surface area contributed by atoms with Gasteiger partial charge in [0.1, 0.15) is 12.3 Å². The molecular weight excluding hydrogens is 316 g/mol. The van der Waals surface area contributed by atoms with E-state index in [0.717, 1.165) is 17.0 Å². The van der Waals surface area contributed by atoms with Crippen molar-refractivity contribution in [3.63, 3.8) is 0 Å². The van der Waals surface area contributed by atoms with Crippen LogP contribution >= 0.6 is 0 Å². The lowest BCUT2D eigenvalue weighted by Crippen LogP contribution is -2.48. The van der Waals surface area contributed by atoms with E-state index in [9.17, 15) is 13.2 Å². The maximum atomic E-state index is 12.2. The number of rotatable bonds is 8. The minimum atomic E-state index is -3.57. The molecule has 0 saturated heterocycles. The summed E-state index contributed by atoms with van der Waals surface area (Å²) >= 11 is 0. The van der Waals surface area contributed by atoms with E-state index >= 15 is 0 Å². The van der Waals surface area contributed by atoms with Gasteiger partial charge in [-0.25, -0.2) is 8.42 Å². The fraction of sp³-hybridized carbons (Fsp3) is 0.562. The molecule has 7 heteroatoms. The lowest BCUT2D eigenvalue weighted by molar-refractivity contribution is -0.121. The molecule has 1 aromatic rings. The van der Waals surface area contributed by atoms with Crippen LogP contribution in [0.4, 0.5) is 5.69 Å². The van der Waals surface area contributed by atoms with Gasteiger partial charge in [0.25, 0.3) is 0 Å². The lowest BCUT2D eigenvalue weighted by Gasteiger charge is -2.27. The van der Waals surface area contributed by atoms with Gasteiger partial charge in [-0.05, 0) is 51.5 Å². The molecule has 1 rings (SSSR count). The molecule has 0 aliphatic rings. The molecule has 0 heterocycles. The van der Waals surface area contributed by atoms with Crippen LogP contribution in [0.2, 0.25) is 0 Å². The van der Waals surface area contributed by atoms with E-state index in [-0.39, 0.29) is 18.0 Å². The normalized spacial score (nSPS) is 11.9. The molecule has 0 bridgehead atoms. The standard InChI is InChI=1S/C16H26N2O4S/c1-6-16(3,4)17-15(19)12-18(23(5,20)21)13-8-10-14(11-9-13)22-7-2/h8-11H,6-7,12H2,1-5H3,(H,17,19). The molecule has 0 saturated carbocycles. The van der Waals surface area contributed by atoms with Crippen LogP contribution < -0.4 is 14.4 Å². The van der Waals surface area contributed by atoms with Crippen LogP contribution in [0.5, 0.6) is 5.75 Å². The second kappa shape index (κ2) is 7.68. The number of benzene rings is 1. The molecule has 0 unspecified atom stereocenters. The second-order valence-electron chi connectivity index (χ2n) is 5.98. The van der Waals surface area contributed by atoms with Crippen molar-refractivity contribution in [3.05, 3.63) is 24.3 Å². The summed E-state index contributed by atoms with van der Waals surface area (Å²) < 4.78 is 30.5. The highest BCUT2D eigenvalue weighted by Gasteiger charge is 2.24. The Hall–Kier alpha value is -1.76. The number of carbonyl (C=O) groups excluding carboxylic acids is 1. The number of hydrogen-bond acceptors (Lipinski definition) is 4. The Morgan fingerprint density at radius 2 is 1.78 bits per heavy atom. The molecule has 1 amide bonds. The maximum absolute atomic E-state index is 12.2. The van der Waals surface area contributed by atoms with Crippen molar-refractivity contribution in [2.75, 3.05) is 23.7 Å². The van der Waals surface area contributed by atoms with Crippen LogP contribution in [0.3, 0.4) is 0 Å². The van der Waals surface area contributed by atoms with Crippen molar-refractivity contribution in [2.45, 2.75) is 39.7 Å². The van der Waals surface area contributed by atoms with Crippen LogP contribution in [0.1, 0.15) is 34.1 Å². The van der Waals surface area contributed by atoms with Crippen molar-refractivity contribution in [1.29, 1.82) is 0 Å². The minimum Gasteiger partial charge on any atom is -0.494 e. The number of nitrogens with zero attached hydrogens (tertiary/aromatic N) is 1. The highest BCUT2D eigenvalue weighted by molar-refractivity contribution is 7.92. The number of sulfonamides is 1. The molecule has 6 nitrogen and oxygen atoms in total. The minimum absolute atomic E-state index is 0.254. The summed E-state index contributed by atoms with van der Waals surface area (Å²) in [5.41, 5.74) is 0.0550. The molecule has 0 aromatic heterocycles. The number of nitrogens with one attached hydrogen (secondary N) is 1. The fourth-order valence-electron chi connectivity index (χ4n) is 1.91. The Morgan fingerprint density at radius 3 is 2.22 bits per heavy atom. The van der Waals surface area contributed by atoms with Gasteiger partial charge in [-0.2, -0.15) is 0 Å². The fourth-order valence-corrected chi connectivity index (χ4v) is 2.77. The number of amides is 1. The Morgan fingerprint density at radius 1 is 1.22 bits per heavy atom. The Kier molecular flexibility index (Phi) is 6.44. The largest absolute Gasteiger partial charge is 0.494 e. The van der Waals surface area contributed by atoms with E-state index in [1.54, 1.807) is 24.3 Å². The van der Waals surface area contributed by atoms with Gasteiger partial charge in [0.2, 0.25) is 15.9 Å². The molecule has 1 N–H and O–H groups in total. The molecule has 0 aliphatic heterocycles. The summed E-state index contributed by atoms with van der Waals surface area (Å²) in [5.74, 6) is 0.317. The lowest BCUT2D eigenvalue weighted by atomic mass is 10.0. The molecule has 0 fully saturated rings. The topological polar surface area (TPSA) is 75.7 Å². The van der Waals surface area contributed by atoms with E-state index in [0.29, 0.717) is 18.0 Å². The Balaban J connectivity index is 2.96. The van der Waals surface area contributed by atoms with Crippen LogP contribution in [0, 0.1) is 0 Å².